The molecule has 128 valence electrons. The molecule has 0 atom stereocenters. The highest BCUT2D eigenvalue weighted by molar-refractivity contribution is 5.98. The predicted octanol–water partition coefficient (Wildman–Crippen LogP) is 4.09. The van der Waals surface area contributed by atoms with Gasteiger partial charge in [0, 0.05) is 48.2 Å². The fourth-order valence-corrected chi connectivity index (χ4v) is 3.14. The average Bonchev–Trinajstić information content (AvgIpc) is 3.07. The Kier molecular flexibility index (Phi) is 4.23. The predicted molar refractivity (Wildman–Crippen MR) is 104 cm³/mol. The number of rotatable bonds is 5. The molecule has 0 saturated carbocycles. The Morgan fingerprint density at radius 3 is 2.62 bits per heavy atom. The zero-order valence-electron chi connectivity index (χ0n) is 14.3. The standard InChI is InChI=1S/C22H19N3O/c23-20-4-2-1-3-18(20)13-22(26)17-7-5-16(6-8-17)15-25-12-10-19-14-24-11-9-21(19)25/h1-12,14H,13,15,23H2. The smallest absolute Gasteiger partial charge is 0.167 e. The molecule has 0 amide bonds. The fraction of sp³-hybridized carbons (Fsp3) is 0.0909. The van der Waals surface area contributed by atoms with Gasteiger partial charge in [-0.3, -0.25) is 9.78 Å². The number of fused-ring (bicyclic) bond motifs is 1. The molecule has 0 fully saturated rings. The Balaban J connectivity index is 1.50. The number of pyridine rings is 1. The van der Waals surface area contributed by atoms with Gasteiger partial charge in [0.05, 0.1) is 5.52 Å². The molecule has 4 heteroatoms. The summed E-state index contributed by atoms with van der Waals surface area (Å²) in [7, 11) is 0. The zero-order chi connectivity index (χ0) is 17.9. The first kappa shape index (κ1) is 16.1. The molecule has 0 aliphatic heterocycles. The van der Waals surface area contributed by atoms with Crippen molar-refractivity contribution in [3.63, 3.8) is 0 Å². The minimum atomic E-state index is 0.0759. The van der Waals surface area contributed by atoms with Crippen LogP contribution in [0.2, 0.25) is 0 Å². The number of hydrogen-bond donors (Lipinski definition) is 1. The maximum Gasteiger partial charge on any atom is 0.167 e. The summed E-state index contributed by atoms with van der Waals surface area (Å²) in [5.41, 5.74) is 10.5. The molecule has 0 spiro atoms. The highest BCUT2D eigenvalue weighted by Gasteiger charge is 2.09. The van der Waals surface area contributed by atoms with E-state index in [9.17, 15) is 4.79 Å². The topological polar surface area (TPSA) is 60.9 Å². The quantitative estimate of drug-likeness (QED) is 0.439. The van der Waals surface area contributed by atoms with Crippen molar-refractivity contribution in [2.45, 2.75) is 13.0 Å². The molecule has 2 N–H and O–H groups in total. The number of carbonyl (C=O) groups excluding carboxylic acids is 1. The number of para-hydroxylation sites is 1. The third-order valence-electron chi connectivity index (χ3n) is 4.61. The molecular formula is C22H19N3O. The van der Waals surface area contributed by atoms with E-state index in [1.807, 2.05) is 60.8 Å². The second-order valence-corrected chi connectivity index (χ2v) is 6.37. The number of anilines is 1. The second kappa shape index (κ2) is 6.84. The summed E-state index contributed by atoms with van der Waals surface area (Å²) >= 11 is 0. The molecule has 0 radical (unpaired) electrons. The summed E-state index contributed by atoms with van der Waals surface area (Å²) in [6, 6.07) is 19.4. The largest absolute Gasteiger partial charge is 0.398 e. The van der Waals surface area contributed by atoms with E-state index in [1.165, 1.54) is 0 Å². The minimum Gasteiger partial charge on any atom is -0.398 e. The third-order valence-corrected chi connectivity index (χ3v) is 4.61. The van der Waals surface area contributed by atoms with E-state index in [1.54, 1.807) is 6.20 Å². The zero-order valence-corrected chi connectivity index (χ0v) is 14.3. The molecule has 2 aromatic heterocycles. The molecule has 0 aliphatic rings. The monoisotopic (exact) mass is 341 g/mol. The Morgan fingerprint density at radius 2 is 1.81 bits per heavy atom. The van der Waals surface area contributed by atoms with Gasteiger partial charge in [0.15, 0.2) is 5.78 Å². The van der Waals surface area contributed by atoms with Crippen LogP contribution in [0, 0.1) is 0 Å². The number of Topliss-reactive ketones (excluding diaryl/α,β-unsaturated/α-hetero) is 1. The van der Waals surface area contributed by atoms with E-state index in [-0.39, 0.29) is 5.78 Å². The Hall–Kier alpha value is -3.40. The summed E-state index contributed by atoms with van der Waals surface area (Å²) in [5, 5.41) is 1.12. The lowest BCUT2D eigenvalue weighted by Gasteiger charge is -2.08. The summed E-state index contributed by atoms with van der Waals surface area (Å²) in [4.78, 5) is 16.6. The lowest BCUT2D eigenvalue weighted by molar-refractivity contribution is 0.0993. The van der Waals surface area contributed by atoms with Crippen LogP contribution in [0.5, 0.6) is 0 Å². The van der Waals surface area contributed by atoms with Crippen LogP contribution < -0.4 is 5.73 Å². The molecule has 0 bridgehead atoms. The van der Waals surface area contributed by atoms with Crippen molar-refractivity contribution in [3.05, 3.63) is 95.9 Å². The van der Waals surface area contributed by atoms with Crippen LogP contribution in [0.25, 0.3) is 10.9 Å². The lowest BCUT2D eigenvalue weighted by Crippen LogP contribution is -2.06. The van der Waals surface area contributed by atoms with Gasteiger partial charge in [-0.2, -0.15) is 0 Å². The van der Waals surface area contributed by atoms with Crippen molar-refractivity contribution in [2.24, 2.45) is 0 Å². The molecule has 0 aliphatic carbocycles. The van der Waals surface area contributed by atoms with Crippen LogP contribution >= 0.6 is 0 Å². The number of nitrogen functional groups attached to an aromatic ring is 1. The van der Waals surface area contributed by atoms with Crippen LogP contribution in [0.15, 0.2) is 79.3 Å². The van der Waals surface area contributed by atoms with E-state index < -0.39 is 0 Å². The van der Waals surface area contributed by atoms with E-state index in [2.05, 4.69) is 21.8 Å². The molecule has 0 saturated heterocycles. The number of nitrogens with two attached hydrogens (primary N) is 1. The average molecular weight is 341 g/mol. The third kappa shape index (κ3) is 3.22. The van der Waals surface area contributed by atoms with Gasteiger partial charge in [0.2, 0.25) is 0 Å². The van der Waals surface area contributed by atoms with Crippen molar-refractivity contribution >= 4 is 22.4 Å². The van der Waals surface area contributed by atoms with Gasteiger partial charge in [-0.05, 0) is 29.3 Å². The van der Waals surface area contributed by atoms with E-state index in [0.717, 1.165) is 28.6 Å². The first-order valence-corrected chi connectivity index (χ1v) is 8.55. The van der Waals surface area contributed by atoms with Gasteiger partial charge in [0.25, 0.3) is 0 Å². The van der Waals surface area contributed by atoms with E-state index in [0.29, 0.717) is 17.7 Å². The minimum absolute atomic E-state index is 0.0759. The first-order valence-electron chi connectivity index (χ1n) is 8.55. The second-order valence-electron chi connectivity index (χ2n) is 6.37. The van der Waals surface area contributed by atoms with Crippen molar-refractivity contribution in [3.8, 4) is 0 Å². The van der Waals surface area contributed by atoms with E-state index >= 15 is 0 Å². The highest BCUT2D eigenvalue weighted by Crippen LogP contribution is 2.17. The van der Waals surface area contributed by atoms with Gasteiger partial charge in [-0.1, -0.05) is 42.5 Å². The normalized spacial score (nSPS) is 10.9. The molecular weight excluding hydrogens is 322 g/mol. The van der Waals surface area contributed by atoms with Crippen molar-refractivity contribution in [2.75, 3.05) is 5.73 Å². The highest BCUT2D eigenvalue weighted by atomic mass is 16.1. The van der Waals surface area contributed by atoms with E-state index in [4.69, 9.17) is 5.73 Å². The summed E-state index contributed by atoms with van der Waals surface area (Å²) in [5.74, 6) is 0.0759. The first-order chi connectivity index (χ1) is 12.7. The van der Waals surface area contributed by atoms with Crippen LogP contribution in [0.1, 0.15) is 21.5 Å². The SMILES string of the molecule is Nc1ccccc1CC(=O)c1ccc(Cn2ccc3cnccc32)cc1. The number of aromatic nitrogens is 2. The van der Waals surface area contributed by atoms with Crippen molar-refractivity contribution < 1.29 is 4.79 Å². The number of nitrogens with zero attached hydrogens (tertiary/aromatic N) is 2. The van der Waals surface area contributed by atoms with Gasteiger partial charge in [-0.15, -0.1) is 0 Å². The summed E-state index contributed by atoms with van der Waals surface area (Å²) in [6.07, 6.45) is 6.05. The van der Waals surface area contributed by atoms with Crippen LogP contribution in [-0.2, 0) is 13.0 Å². The molecule has 4 aromatic rings. The number of ketones is 1. The number of carbonyl (C=O) groups is 1. The van der Waals surface area contributed by atoms with Crippen molar-refractivity contribution in [1.29, 1.82) is 0 Å². The lowest BCUT2D eigenvalue weighted by atomic mass is 10.0. The number of hydrogen-bond acceptors (Lipinski definition) is 3. The Bertz CT molecular complexity index is 1060. The van der Waals surface area contributed by atoms with Crippen LogP contribution in [0.4, 0.5) is 5.69 Å². The van der Waals surface area contributed by atoms with Crippen LogP contribution in [0.3, 0.4) is 0 Å². The molecule has 26 heavy (non-hydrogen) atoms. The number of benzene rings is 2. The van der Waals surface area contributed by atoms with Crippen molar-refractivity contribution in [1.82, 2.24) is 9.55 Å². The maximum absolute atomic E-state index is 12.5. The molecule has 4 rings (SSSR count). The fourth-order valence-electron chi connectivity index (χ4n) is 3.14. The maximum atomic E-state index is 12.5. The van der Waals surface area contributed by atoms with Gasteiger partial charge >= 0.3 is 0 Å². The molecule has 2 heterocycles. The Labute approximate surface area is 151 Å². The van der Waals surface area contributed by atoms with Gasteiger partial charge < -0.3 is 10.3 Å². The summed E-state index contributed by atoms with van der Waals surface area (Å²) in [6.45, 7) is 0.758. The molecule has 2 aromatic carbocycles. The van der Waals surface area contributed by atoms with Gasteiger partial charge in [-0.25, -0.2) is 0 Å². The molecule has 4 nitrogen and oxygen atoms in total. The summed E-state index contributed by atoms with van der Waals surface area (Å²) < 4.78 is 2.18. The van der Waals surface area contributed by atoms with Crippen LogP contribution in [-0.4, -0.2) is 15.3 Å². The molecule has 0 unspecified atom stereocenters. The van der Waals surface area contributed by atoms with Gasteiger partial charge in [0.1, 0.15) is 0 Å². The Morgan fingerprint density at radius 1 is 1.00 bits per heavy atom.